The van der Waals surface area contributed by atoms with Crippen LogP contribution in [0.3, 0.4) is 0 Å². The predicted molar refractivity (Wildman–Crippen MR) is 115 cm³/mol. The lowest BCUT2D eigenvalue weighted by atomic mass is 10.3. The number of benzene rings is 1. The number of quaternary nitrogens is 1. The van der Waals surface area contributed by atoms with Gasteiger partial charge in [0.15, 0.2) is 5.13 Å². The van der Waals surface area contributed by atoms with Crippen molar-refractivity contribution in [1.82, 2.24) is 4.98 Å². The third kappa shape index (κ3) is 4.73. The molecule has 136 valence electrons. The maximum atomic E-state index is 12.8. The first kappa shape index (κ1) is 19.1. The van der Waals surface area contributed by atoms with Gasteiger partial charge in [0.25, 0.3) is 5.91 Å². The minimum absolute atomic E-state index is 0.0243. The number of carbonyl (C=O) groups excluding carboxylic acids is 1. The number of thioether (sulfide) groups is 1. The first-order valence-electron chi connectivity index (χ1n) is 8.33. The molecule has 0 aliphatic heterocycles. The van der Waals surface area contributed by atoms with Crippen molar-refractivity contribution >= 4 is 61.8 Å². The van der Waals surface area contributed by atoms with Gasteiger partial charge >= 0.3 is 0 Å². The van der Waals surface area contributed by atoms with Crippen LogP contribution in [0.25, 0.3) is 16.3 Å². The summed E-state index contributed by atoms with van der Waals surface area (Å²) in [4.78, 5) is 22.9. The fourth-order valence-electron chi connectivity index (χ4n) is 2.40. The highest BCUT2D eigenvalue weighted by Crippen LogP contribution is 2.31. The molecule has 7 heteroatoms. The molecule has 0 aliphatic carbocycles. The van der Waals surface area contributed by atoms with E-state index in [-0.39, 0.29) is 5.91 Å². The zero-order valence-corrected chi connectivity index (χ0v) is 17.5. The molecule has 1 N–H and O–H groups in total. The van der Waals surface area contributed by atoms with Crippen LogP contribution in [0.15, 0.2) is 46.7 Å². The molecule has 2 aromatic heterocycles. The highest BCUT2D eigenvalue weighted by atomic mass is 32.2. The molecule has 0 unspecified atom stereocenters. The zero-order valence-electron chi connectivity index (χ0n) is 15.1. The molecule has 0 spiro atoms. The summed E-state index contributed by atoms with van der Waals surface area (Å²) in [6, 6.07) is 10.2. The number of anilines is 1. The number of likely N-dealkylation sites (N-methyl/N-ethyl adjacent to an activating group) is 1. The third-order valence-corrected chi connectivity index (χ3v) is 6.45. The molecule has 0 radical (unpaired) electrons. The van der Waals surface area contributed by atoms with Gasteiger partial charge in [0.2, 0.25) is 0 Å². The minimum atomic E-state index is -0.0243. The van der Waals surface area contributed by atoms with Gasteiger partial charge in [-0.15, -0.1) is 23.1 Å². The highest BCUT2D eigenvalue weighted by Gasteiger charge is 2.19. The van der Waals surface area contributed by atoms with Crippen molar-refractivity contribution in [2.45, 2.75) is 4.90 Å². The normalized spacial score (nSPS) is 11.7. The van der Waals surface area contributed by atoms with Crippen LogP contribution in [0.5, 0.6) is 0 Å². The largest absolute Gasteiger partial charge is 0.338 e. The number of aromatic nitrogens is 1. The summed E-state index contributed by atoms with van der Waals surface area (Å²) >= 11 is 4.91. The maximum Gasteiger partial charge on any atom is 0.253 e. The van der Waals surface area contributed by atoms with Crippen LogP contribution in [0.1, 0.15) is 4.88 Å². The Morgan fingerprint density at radius 2 is 2.19 bits per heavy atom. The van der Waals surface area contributed by atoms with E-state index >= 15 is 0 Å². The quantitative estimate of drug-likeness (QED) is 0.485. The van der Waals surface area contributed by atoms with Crippen LogP contribution in [0.2, 0.25) is 0 Å². The first-order valence-corrected chi connectivity index (χ1v) is 11.3. The summed E-state index contributed by atoms with van der Waals surface area (Å²) < 4.78 is 1.11. The van der Waals surface area contributed by atoms with Gasteiger partial charge in [-0.05, 0) is 42.0 Å². The van der Waals surface area contributed by atoms with Crippen molar-refractivity contribution in [3.05, 3.63) is 46.7 Å². The Morgan fingerprint density at radius 3 is 2.88 bits per heavy atom. The van der Waals surface area contributed by atoms with E-state index in [0.29, 0.717) is 6.54 Å². The summed E-state index contributed by atoms with van der Waals surface area (Å²) in [5.74, 6) is -0.0243. The Morgan fingerprint density at radius 1 is 1.35 bits per heavy atom. The lowest BCUT2D eigenvalue weighted by Crippen LogP contribution is -3.06. The number of nitrogens with one attached hydrogen (secondary N) is 1. The number of thiazole rings is 1. The summed E-state index contributed by atoms with van der Waals surface area (Å²) in [6.07, 6.45) is 5.59. The van der Waals surface area contributed by atoms with Crippen molar-refractivity contribution < 1.29 is 9.69 Å². The van der Waals surface area contributed by atoms with Crippen LogP contribution in [-0.2, 0) is 4.79 Å². The van der Waals surface area contributed by atoms with Gasteiger partial charge in [-0.3, -0.25) is 9.69 Å². The van der Waals surface area contributed by atoms with Gasteiger partial charge in [0.1, 0.15) is 0 Å². The number of rotatable bonds is 7. The van der Waals surface area contributed by atoms with Gasteiger partial charge < -0.3 is 4.90 Å². The molecular formula is C19H22N3OS3+. The Labute approximate surface area is 166 Å². The Hall–Kier alpha value is -1.67. The van der Waals surface area contributed by atoms with Gasteiger partial charge in [0.05, 0.1) is 37.4 Å². The van der Waals surface area contributed by atoms with Gasteiger partial charge in [0, 0.05) is 15.8 Å². The highest BCUT2D eigenvalue weighted by molar-refractivity contribution is 7.98. The summed E-state index contributed by atoms with van der Waals surface area (Å²) in [5, 5.41) is 2.77. The second kappa shape index (κ2) is 8.81. The molecule has 3 rings (SSSR count). The number of hydrogen-bond donors (Lipinski definition) is 1. The molecule has 4 nitrogen and oxygen atoms in total. The monoisotopic (exact) mass is 404 g/mol. The zero-order chi connectivity index (χ0) is 18.5. The molecule has 3 aromatic rings. The molecule has 0 bridgehead atoms. The third-order valence-electron chi connectivity index (χ3n) is 3.85. The van der Waals surface area contributed by atoms with Crippen molar-refractivity contribution in [3.8, 4) is 0 Å². The van der Waals surface area contributed by atoms with Crippen molar-refractivity contribution in [3.63, 3.8) is 0 Å². The van der Waals surface area contributed by atoms with Crippen LogP contribution in [-0.4, -0.2) is 44.3 Å². The summed E-state index contributed by atoms with van der Waals surface area (Å²) in [6.45, 7) is 1.51. The minimum Gasteiger partial charge on any atom is -0.338 e. The molecule has 1 aromatic carbocycles. The molecule has 0 saturated carbocycles. The second-order valence-electron chi connectivity index (χ2n) is 6.13. The van der Waals surface area contributed by atoms with E-state index in [1.807, 2.05) is 29.7 Å². The lowest BCUT2D eigenvalue weighted by molar-refractivity contribution is -0.856. The molecule has 0 aliphatic rings. The smallest absolute Gasteiger partial charge is 0.253 e. The van der Waals surface area contributed by atoms with Gasteiger partial charge in [-0.25, -0.2) is 4.98 Å². The van der Waals surface area contributed by atoms with E-state index in [0.717, 1.165) is 26.8 Å². The van der Waals surface area contributed by atoms with Crippen LogP contribution in [0, 0.1) is 0 Å². The SMILES string of the molecule is CSc1ccc2nc(N(CC[NH+](C)C)C(=O)/C=C/c3cccs3)sc2c1. The van der Waals surface area contributed by atoms with E-state index in [1.165, 1.54) is 9.80 Å². The van der Waals surface area contributed by atoms with E-state index in [1.54, 1.807) is 45.4 Å². The lowest BCUT2D eigenvalue weighted by Gasteiger charge is -2.19. The van der Waals surface area contributed by atoms with E-state index in [9.17, 15) is 4.79 Å². The maximum absolute atomic E-state index is 12.8. The predicted octanol–water partition coefficient (Wildman–Crippen LogP) is 3.27. The number of hydrogen-bond acceptors (Lipinski definition) is 5. The summed E-state index contributed by atoms with van der Waals surface area (Å²) in [7, 11) is 4.18. The molecule has 0 fully saturated rings. The van der Waals surface area contributed by atoms with Crippen LogP contribution >= 0.6 is 34.4 Å². The summed E-state index contributed by atoms with van der Waals surface area (Å²) in [5.41, 5.74) is 0.944. The van der Waals surface area contributed by atoms with Gasteiger partial charge in [-0.2, -0.15) is 0 Å². The van der Waals surface area contributed by atoms with Gasteiger partial charge in [-0.1, -0.05) is 17.4 Å². The fourth-order valence-corrected chi connectivity index (χ4v) is 4.57. The second-order valence-corrected chi connectivity index (χ2v) is 8.99. The van der Waals surface area contributed by atoms with Crippen molar-refractivity contribution in [1.29, 1.82) is 0 Å². The molecule has 0 atom stereocenters. The van der Waals surface area contributed by atoms with Crippen LogP contribution in [0.4, 0.5) is 5.13 Å². The van der Waals surface area contributed by atoms with E-state index in [2.05, 4.69) is 32.5 Å². The van der Waals surface area contributed by atoms with Crippen molar-refractivity contribution in [2.24, 2.45) is 0 Å². The van der Waals surface area contributed by atoms with E-state index < -0.39 is 0 Å². The number of amides is 1. The van der Waals surface area contributed by atoms with E-state index in [4.69, 9.17) is 4.98 Å². The Bertz CT molecular complexity index is 900. The first-order chi connectivity index (χ1) is 12.6. The number of thiophene rings is 1. The molecular weight excluding hydrogens is 382 g/mol. The fraction of sp³-hybridized carbons (Fsp3) is 0.263. The Balaban J connectivity index is 1.88. The van der Waals surface area contributed by atoms with Crippen molar-refractivity contribution in [2.75, 3.05) is 38.3 Å². The average Bonchev–Trinajstić information content (AvgIpc) is 3.28. The molecule has 2 heterocycles. The Kier molecular flexibility index (Phi) is 6.48. The topological polar surface area (TPSA) is 37.6 Å². The molecule has 1 amide bonds. The number of fused-ring (bicyclic) bond motifs is 1. The standard InChI is InChI=1S/C19H21N3OS3/c1-21(2)10-11-22(18(23)9-7-14-5-4-12-25-14)19-20-16-8-6-15(24-3)13-17(16)26-19/h4-9,12-13H,10-11H2,1-3H3/p+1/b9-7+. The number of carbonyl (C=O) groups is 1. The van der Waals surface area contributed by atoms with Crippen LogP contribution < -0.4 is 9.80 Å². The number of nitrogens with zero attached hydrogens (tertiary/aromatic N) is 2. The molecule has 26 heavy (non-hydrogen) atoms. The molecule has 0 saturated heterocycles. The average molecular weight is 405 g/mol.